The normalized spacial score (nSPS) is 16.5. The molecule has 1 N–H and O–H groups in total. The first-order valence-electron chi connectivity index (χ1n) is 19.2. The van der Waals surface area contributed by atoms with E-state index in [4.69, 9.17) is 22.2 Å². The molecule has 0 spiro atoms. The Hall–Kier alpha value is -5.41. The number of carbonyl (C=O) groups is 3. The van der Waals surface area contributed by atoms with Crippen molar-refractivity contribution < 1.29 is 71.3 Å². The number of rotatable bonds is 7. The summed E-state index contributed by atoms with van der Waals surface area (Å²) < 4.78 is 142. The maximum absolute atomic E-state index is 17.5. The largest absolute Gasteiger partial charge is 0.744 e. The van der Waals surface area contributed by atoms with Crippen LogP contribution in [0.5, 0.6) is 11.5 Å². The van der Waals surface area contributed by atoms with Crippen molar-refractivity contribution in [2.75, 3.05) is 24.7 Å². The Kier molecular flexibility index (Phi) is 11.5. The molecule has 346 valence electrons. The van der Waals surface area contributed by atoms with Gasteiger partial charge in [0.1, 0.15) is 49.4 Å². The first kappa shape index (κ1) is 47.1. The highest BCUT2D eigenvalue weighted by atomic mass is 32.3. The minimum absolute atomic E-state index is 0.00350. The number of benzene rings is 3. The van der Waals surface area contributed by atoms with Gasteiger partial charge in [0.2, 0.25) is 5.36 Å². The predicted octanol–water partition coefficient (Wildman–Crippen LogP) is 4.68. The molecule has 2 aromatic heterocycles. The van der Waals surface area contributed by atoms with Gasteiger partial charge in [0.05, 0.1) is 27.8 Å². The summed E-state index contributed by atoms with van der Waals surface area (Å²) in [6.07, 6.45) is -0.368. The SMILES string of the molecule is CN1c2cc3c(cc2-c2sccc2C1(C)C)C(c1c(F)c(SCC(=O)ON2C(=O)CCC2=O)cc(F)c1S(=O)(=O)[O-])=c1cc2c(cc1O3)=[N+](C)C(C)(C)c1cc(S(=O)(=O)O)sc1-2.O=S(=O)=O. The van der Waals surface area contributed by atoms with Crippen LogP contribution in [0.2, 0.25) is 0 Å². The summed E-state index contributed by atoms with van der Waals surface area (Å²) in [5.41, 5.74) is 0.666. The molecule has 6 heterocycles. The first-order valence-corrected chi connectivity index (χ1v) is 25.7. The number of ether oxygens (including phenoxy) is 1. The smallest absolute Gasteiger partial charge is 0.425 e. The molecule has 2 amide bonds. The van der Waals surface area contributed by atoms with Crippen molar-refractivity contribution in [2.45, 2.75) is 65.6 Å². The van der Waals surface area contributed by atoms with E-state index in [0.29, 0.717) is 55.5 Å². The summed E-state index contributed by atoms with van der Waals surface area (Å²) >= 11 is 2.59. The molecule has 66 heavy (non-hydrogen) atoms. The maximum atomic E-state index is 17.5. The number of fused-ring (bicyclic) bond motifs is 8. The molecular weight excluding hydrogens is 989 g/mol. The number of thiophene rings is 2. The van der Waals surface area contributed by atoms with E-state index in [1.54, 1.807) is 25.2 Å². The van der Waals surface area contributed by atoms with Crippen LogP contribution in [0.25, 0.3) is 26.5 Å². The third-order valence-electron chi connectivity index (χ3n) is 12.0. The van der Waals surface area contributed by atoms with E-state index in [1.807, 2.05) is 55.7 Å². The fourth-order valence-electron chi connectivity index (χ4n) is 8.34. The van der Waals surface area contributed by atoms with E-state index in [0.717, 1.165) is 21.8 Å². The minimum Gasteiger partial charge on any atom is -0.744 e. The number of hydrogen-bond donors (Lipinski definition) is 1. The van der Waals surface area contributed by atoms with E-state index in [9.17, 15) is 40.3 Å². The number of nitrogens with zero attached hydrogens (tertiary/aromatic N) is 3. The molecule has 1 fully saturated rings. The highest BCUT2D eigenvalue weighted by molar-refractivity contribution is 8.00. The Labute approximate surface area is 388 Å². The average Bonchev–Trinajstić information content (AvgIpc) is 3.98. The molecule has 9 rings (SSSR count). The van der Waals surface area contributed by atoms with Gasteiger partial charge >= 0.3 is 26.7 Å². The zero-order valence-corrected chi connectivity index (χ0v) is 39.9. The molecule has 5 aromatic rings. The lowest BCUT2D eigenvalue weighted by Crippen LogP contribution is -2.46. The van der Waals surface area contributed by atoms with Crippen LogP contribution in [0.1, 0.15) is 62.8 Å². The number of hydroxylamine groups is 2. The molecule has 0 aliphatic carbocycles. The molecular formula is C41H33F2N3O14S6. The van der Waals surface area contributed by atoms with Gasteiger partial charge in [0.25, 0.3) is 11.8 Å². The van der Waals surface area contributed by atoms with Gasteiger partial charge in [-0.1, -0.05) is 0 Å². The number of halogens is 2. The summed E-state index contributed by atoms with van der Waals surface area (Å²) in [6, 6.07) is 10.3. The number of imide groups is 1. The molecule has 25 heteroatoms. The predicted molar refractivity (Wildman–Crippen MR) is 234 cm³/mol. The summed E-state index contributed by atoms with van der Waals surface area (Å²) in [4.78, 5) is 43.0. The summed E-state index contributed by atoms with van der Waals surface area (Å²) in [6.45, 7) is 7.76. The summed E-state index contributed by atoms with van der Waals surface area (Å²) in [5, 5.41) is 2.71. The number of hydrogen-bond acceptors (Lipinski definition) is 17. The average molecular weight is 1020 g/mol. The van der Waals surface area contributed by atoms with Gasteiger partial charge in [-0.15, -0.1) is 52.1 Å². The highest BCUT2D eigenvalue weighted by Crippen LogP contribution is 2.54. The standard InChI is InChI=1S/C41H33F2N3O11S5.O3S/c1-40(2)22-9-10-58-37(22)18-11-20-27(15-25(18)44(40)5)56-28-16-26-19(38-23(41(3,4)45(26)6)13-33(60-38)61(50,51)52)12-21(28)34(20)35-36(43)29(14-24(42)39(35)62(53,54)55)59-17-32(49)57-46-30(47)7-8-31(46)48;1-4(2)3/h9-16H,7-8,17H2,1-6H3,(H-,50,51,52,53,54,55);. The fraction of sp³-hybridized carbons (Fsp3) is 0.268. The number of carbonyl (C=O) groups excluding carboxylic acids is 3. The van der Waals surface area contributed by atoms with Crippen LogP contribution in [0.3, 0.4) is 0 Å². The van der Waals surface area contributed by atoms with Gasteiger partial charge in [-0.3, -0.25) is 14.1 Å². The van der Waals surface area contributed by atoms with Crippen molar-refractivity contribution in [3.8, 4) is 32.4 Å². The van der Waals surface area contributed by atoms with E-state index in [1.165, 1.54) is 23.5 Å². The molecule has 1 saturated heterocycles. The van der Waals surface area contributed by atoms with E-state index in [2.05, 4.69) is 0 Å². The van der Waals surface area contributed by atoms with Crippen LogP contribution in [-0.4, -0.2) is 81.3 Å². The van der Waals surface area contributed by atoms with Crippen LogP contribution < -0.4 is 24.8 Å². The van der Waals surface area contributed by atoms with Crippen molar-refractivity contribution in [1.82, 2.24) is 9.64 Å². The van der Waals surface area contributed by atoms with Gasteiger partial charge in [-0.05, 0) is 55.1 Å². The van der Waals surface area contributed by atoms with Crippen molar-refractivity contribution in [3.63, 3.8) is 0 Å². The van der Waals surface area contributed by atoms with Crippen LogP contribution in [0.4, 0.5) is 14.5 Å². The Morgan fingerprint density at radius 3 is 2.23 bits per heavy atom. The Balaban J connectivity index is 0.00000142. The molecule has 17 nitrogen and oxygen atoms in total. The zero-order valence-electron chi connectivity index (χ0n) is 35.0. The Morgan fingerprint density at radius 1 is 0.955 bits per heavy atom. The molecule has 0 bridgehead atoms. The molecule has 0 unspecified atom stereocenters. The topological polar surface area (TPSA) is 242 Å². The number of amides is 2. The van der Waals surface area contributed by atoms with Crippen molar-refractivity contribution >= 4 is 94.3 Å². The van der Waals surface area contributed by atoms with Crippen LogP contribution in [0.15, 0.2) is 61.8 Å². The van der Waals surface area contributed by atoms with Gasteiger partial charge in [-0.25, -0.2) is 26.6 Å². The number of thioether (sulfide) groups is 1. The molecule has 4 aliphatic rings. The highest BCUT2D eigenvalue weighted by Gasteiger charge is 2.43. The lowest BCUT2D eigenvalue weighted by atomic mass is 9.83. The van der Waals surface area contributed by atoms with Crippen LogP contribution in [-0.2, 0) is 61.1 Å². The molecule has 0 saturated carbocycles. The second-order valence-electron chi connectivity index (χ2n) is 16.3. The second-order valence-corrected chi connectivity index (χ2v) is 22.6. The van der Waals surface area contributed by atoms with E-state index < -0.39 is 92.4 Å². The van der Waals surface area contributed by atoms with Crippen molar-refractivity contribution in [2.24, 2.45) is 0 Å². The second kappa shape index (κ2) is 16.1. The fourth-order valence-corrected chi connectivity index (χ4v) is 12.9. The van der Waals surface area contributed by atoms with Crippen LogP contribution in [0, 0.1) is 11.6 Å². The molecule has 3 aromatic carbocycles. The monoisotopic (exact) mass is 1020 g/mol. The van der Waals surface area contributed by atoms with Gasteiger partial charge in [0.15, 0.2) is 5.54 Å². The third-order valence-corrected chi connectivity index (χ3v) is 17.3. The number of anilines is 1. The van der Waals surface area contributed by atoms with Gasteiger partial charge in [0, 0.05) is 88.3 Å². The zero-order chi connectivity index (χ0) is 48.3. The van der Waals surface area contributed by atoms with Crippen LogP contribution >= 0.6 is 34.4 Å². The molecule has 0 atom stereocenters. The third kappa shape index (κ3) is 7.73. The van der Waals surface area contributed by atoms with Gasteiger partial charge < -0.3 is 19.0 Å². The minimum atomic E-state index is -5.82. The van der Waals surface area contributed by atoms with Crippen molar-refractivity contribution in [1.29, 1.82) is 0 Å². The van der Waals surface area contributed by atoms with Gasteiger partial charge in [-0.2, -0.15) is 8.42 Å². The Bertz CT molecular complexity index is 3510. The lowest BCUT2D eigenvalue weighted by molar-refractivity contribution is -0.195. The van der Waals surface area contributed by atoms with E-state index >= 15 is 8.78 Å². The molecule has 4 aliphatic heterocycles. The molecule has 0 radical (unpaired) electrons. The lowest BCUT2D eigenvalue weighted by Gasteiger charge is -2.43. The first-order chi connectivity index (χ1) is 30.6. The maximum Gasteiger partial charge on any atom is 0.425 e. The summed E-state index contributed by atoms with van der Waals surface area (Å²) in [5.74, 6) is -6.34. The van der Waals surface area contributed by atoms with E-state index in [-0.39, 0.29) is 44.9 Å². The quantitative estimate of drug-likeness (QED) is 0.0988. The van der Waals surface area contributed by atoms with Crippen molar-refractivity contribution in [3.05, 3.63) is 92.3 Å². The Morgan fingerprint density at radius 2 is 1.61 bits per heavy atom. The summed E-state index contributed by atoms with van der Waals surface area (Å²) in [7, 11) is -9.96.